The molecule has 24 heavy (non-hydrogen) atoms. The molecule has 1 aliphatic heterocycles. The van der Waals surface area contributed by atoms with Crippen molar-refractivity contribution in [1.29, 1.82) is 0 Å². The third kappa shape index (κ3) is 4.37. The van der Waals surface area contributed by atoms with Gasteiger partial charge in [-0.3, -0.25) is 4.79 Å². The molecule has 0 spiro atoms. The molecule has 1 aliphatic rings. The Hall–Kier alpha value is -2.77. The fourth-order valence-electron chi connectivity index (χ4n) is 2.02. The number of ether oxygens (including phenoxy) is 3. The van der Waals surface area contributed by atoms with Crippen LogP contribution in [0.25, 0.3) is 0 Å². The standard InChI is InChI=1S/C16H20N2O6/c1-16(2,3)24-15(21)18-11-8-23-12-6-5-9(14(20)22-4)7-10(12)17-13(11)19/h5-7,11H,8H2,1-4H3,(H,17,19)(H,18,21)/t11-/m1/s1. The van der Waals surface area contributed by atoms with E-state index < -0.39 is 29.6 Å². The van der Waals surface area contributed by atoms with Gasteiger partial charge in [0.2, 0.25) is 0 Å². The maximum Gasteiger partial charge on any atom is 0.408 e. The number of carbonyl (C=O) groups is 3. The zero-order chi connectivity index (χ0) is 17.9. The van der Waals surface area contributed by atoms with Crippen molar-refractivity contribution in [1.82, 2.24) is 5.32 Å². The molecule has 0 saturated heterocycles. The molecule has 0 radical (unpaired) electrons. The summed E-state index contributed by atoms with van der Waals surface area (Å²) in [6, 6.07) is 3.61. The highest BCUT2D eigenvalue weighted by Crippen LogP contribution is 2.28. The summed E-state index contributed by atoms with van der Waals surface area (Å²) < 4.78 is 15.3. The highest BCUT2D eigenvalue weighted by Gasteiger charge is 2.28. The highest BCUT2D eigenvalue weighted by molar-refractivity contribution is 6.00. The third-order valence-corrected chi connectivity index (χ3v) is 3.07. The van der Waals surface area contributed by atoms with E-state index in [1.807, 2.05) is 0 Å². The zero-order valence-electron chi connectivity index (χ0n) is 14.0. The van der Waals surface area contributed by atoms with Gasteiger partial charge in [-0.2, -0.15) is 0 Å². The van der Waals surface area contributed by atoms with Crippen LogP contribution in [0, 0.1) is 0 Å². The third-order valence-electron chi connectivity index (χ3n) is 3.07. The predicted octanol–water partition coefficient (Wildman–Crippen LogP) is 1.70. The summed E-state index contributed by atoms with van der Waals surface area (Å²) in [5.74, 6) is -0.606. The van der Waals surface area contributed by atoms with Crippen LogP contribution < -0.4 is 15.4 Å². The molecule has 1 aromatic carbocycles. The summed E-state index contributed by atoms with van der Waals surface area (Å²) >= 11 is 0. The van der Waals surface area contributed by atoms with E-state index in [0.717, 1.165) is 0 Å². The second-order valence-corrected chi connectivity index (χ2v) is 6.20. The minimum Gasteiger partial charge on any atom is -0.489 e. The number of nitrogens with one attached hydrogen (secondary N) is 2. The number of hydrogen-bond donors (Lipinski definition) is 2. The fraction of sp³-hybridized carbons (Fsp3) is 0.438. The molecule has 8 heteroatoms. The minimum absolute atomic E-state index is 0.0599. The smallest absolute Gasteiger partial charge is 0.408 e. The molecule has 8 nitrogen and oxygen atoms in total. The lowest BCUT2D eigenvalue weighted by atomic mass is 10.2. The number of hydrogen-bond acceptors (Lipinski definition) is 6. The van der Waals surface area contributed by atoms with Crippen molar-refractivity contribution >= 4 is 23.7 Å². The molecular formula is C16H20N2O6. The van der Waals surface area contributed by atoms with Crippen LogP contribution in [0.15, 0.2) is 18.2 Å². The monoisotopic (exact) mass is 336 g/mol. The molecule has 0 bridgehead atoms. The van der Waals surface area contributed by atoms with Crippen LogP contribution in [-0.2, 0) is 14.3 Å². The molecule has 0 fully saturated rings. The van der Waals surface area contributed by atoms with Crippen LogP contribution in [0.5, 0.6) is 5.75 Å². The van der Waals surface area contributed by atoms with Gasteiger partial charge >= 0.3 is 12.1 Å². The summed E-state index contributed by atoms with van der Waals surface area (Å²) in [7, 11) is 1.27. The Labute approximate surface area is 139 Å². The van der Waals surface area contributed by atoms with Gasteiger partial charge in [0.25, 0.3) is 5.91 Å². The van der Waals surface area contributed by atoms with Gasteiger partial charge in [0.15, 0.2) is 0 Å². The first kappa shape index (κ1) is 17.6. The molecule has 2 amide bonds. The molecule has 1 atom stereocenters. The molecule has 2 N–H and O–H groups in total. The molecule has 0 aliphatic carbocycles. The number of fused-ring (bicyclic) bond motifs is 1. The fourth-order valence-corrected chi connectivity index (χ4v) is 2.02. The second kappa shape index (κ2) is 6.77. The number of carbonyl (C=O) groups excluding carboxylic acids is 3. The van der Waals surface area contributed by atoms with Crippen molar-refractivity contribution < 1.29 is 28.6 Å². The van der Waals surface area contributed by atoms with Crippen LogP contribution in [-0.4, -0.2) is 43.3 Å². The SMILES string of the molecule is COC(=O)c1ccc2c(c1)NC(=O)[C@H](NC(=O)OC(C)(C)C)CO2. The zero-order valence-corrected chi connectivity index (χ0v) is 14.0. The lowest BCUT2D eigenvalue weighted by Gasteiger charge is -2.22. The number of alkyl carbamates (subject to hydrolysis) is 1. The van der Waals surface area contributed by atoms with Gasteiger partial charge in [0, 0.05) is 0 Å². The Balaban J connectivity index is 2.11. The Bertz CT molecular complexity index is 665. The maximum absolute atomic E-state index is 12.3. The number of esters is 1. The van der Waals surface area contributed by atoms with E-state index in [-0.39, 0.29) is 12.2 Å². The van der Waals surface area contributed by atoms with Crippen LogP contribution in [0.2, 0.25) is 0 Å². The highest BCUT2D eigenvalue weighted by atomic mass is 16.6. The largest absolute Gasteiger partial charge is 0.489 e. The Kier molecular flexibility index (Phi) is 4.96. The molecule has 0 saturated carbocycles. The van der Waals surface area contributed by atoms with Crippen molar-refractivity contribution in [2.75, 3.05) is 19.0 Å². The van der Waals surface area contributed by atoms with Gasteiger partial charge < -0.3 is 24.8 Å². The number of methoxy groups -OCH3 is 1. The van der Waals surface area contributed by atoms with E-state index >= 15 is 0 Å². The first-order valence-electron chi connectivity index (χ1n) is 7.35. The Morgan fingerprint density at radius 3 is 2.67 bits per heavy atom. The molecule has 0 aromatic heterocycles. The van der Waals surface area contributed by atoms with Crippen LogP contribution in [0.1, 0.15) is 31.1 Å². The molecule has 1 aromatic rings. The number of rotatable bonds is 2. The lowest BCUT2D eigenvalue weighted by molar-refractivity contribution is -0.118. The van der Waals surface area contributed by atoms with Gasteiger partial charge in [-0.05, 0) is 39.0 Å². The first-order valence-corrected chi connectivity index (χ1v) is 7.35. The number of amides is 2. The normalized spacial score (nSPS) is 16.8. The Morgan fingerprint density at radius 2 is 2.04 bits per heavy atom. The van der Waals surface area contributed by atoms with Crippen molar-refractivity contribution in [2.24, 2.45) is 0 Å². The van der Waals surface area contributed by atoms with Crippen molar-refractivity contribution in [2.45, 2.75) is 32.4 Å². The summed E-state index contributed by atoms with van der Waals surface area (Å²) in [5, 5.41) is 5.08. The van der Waals surface area contributed by atoms with E-state index in [0.29, 0.717) is 11.4 Å². The van der Waals surface area contributed by atoms with Crippen LogP contribution in [0.3, 0.4) is 0 Å². The van der Waals surface area contributed by atoms with Crippen molar-refractivity contribution in [3.63, 3.8) is 0 Å². The van der Waals surface area contributed by atoms with Crippen molar-refractivity contribution in [3.05, 3.63) is 23.8 Å². The molecular weight excluding hydrogens is 316 g/mol. The molecule has 0 unspecified atom stereocenters. The van der Waals surface area contributed by atoms with E-state index in [2.05, 4.69) is 15.4 Å². The summed E-state index contributed by atoms with van der Waals surface area (Å²) in [6.45, 7) is 5.11. The van der Waals surface area contributed by atoms with Crippen LogP contribution in [0.4, 0.5) is 10.5 Å². The second-order valence-electron chi connectivity index (χ2n) is 6.20. The summed E-state index contributed by atoms with van der Waals surface area (Å²) in [6.07, 6.45) is -0.715. The maximum atomic E-state index is 12.3. The lowest BCUT2D eigenvalue weighted by Crippen LogP contribution is -2.48. The quantitative estimate of drug-likeness (QED) is 0.797. The molecule has 2 rings (SSSR count). The van der Waals surface area contributed by atoms with Crippen molar-refractivity contribution in [3.8, 4) is 5.75 Å². The van der Waals surface area contributed by atoms with Gasteiger partial charge in [-0.15, -0.1) is 0 Å². The molecule has 1 heterocycles. The van der Waals surface area contributed by atoms with E-state index in [4.69, 9.17) is 9.47 Å². The van der Waals surface area contributed by atoms with Gasteiger partial charge in [-0.1, -0.05) is 0 Å². The van der Waals surface area contributed by atoms with Gasteiger partial charge in [0.1, 0.15) is 24.0 Å². The average Bonchev–Trinajstić information content (AvgIpc) is 2.63. The van der Waals surface area contributed by atoms with Gasteiger partial charge in [-0.25, -0.2) is 9.59 Å². The number of anilines is 1. The molecule has 130 valence electrons. The van der Waals surface area contributed by atoms with E-state index in [1.54, 1.807) is 26.8 Å². The average molecular weight is 336 g/mol. The first-order chi connectivity index (χ1) is 11.2. The van der Waals surface area contributed by atoms with Gasteiger partial charge in [0.05, 0.1) is 18.4 Å². The predicted molar refractivity (Wildman–Crippen MR) is 85.1 cm³/mol. The Morgan fingerprint density at radius 1 is 1.33 bits per heavy atom. The van der Waals surface area contributed by atoms with Crippen LogP contribution >= 0.6 is 0 Å². The minimum atomic E-state index is -0.922. The summed E-state index contributed by atoms with van der Waals surface area (Å²) in [4.78, 5) is 35.6. The van der Waals surface area contributed by atoms with E-state index in [1.165, 1.54) is 19.2 Å². The summed E-state index contributed by atoms with van der Waals surface area (Å²) in [5.41, 5.74) is -0.0695. The van der Waals surface area contributed by atoms with E-state index in [9.17, 15) is 14.4 Å². The topological polar surface area (TPSA) is 103 Å². The number of benzene rings is 1.